The number of imide groups is 1. The van der Waals surface area contributed by atoms with E-state index in [1.807, 2.05) is 30.3 Å². The van der Waals surface area contributed by atoms with Crippen LogP contribution in [0.5, 0.6) is 0 Å². The van der Waals surface area contributed by atoms with Gasteiger partial charge in [0.05, 0.1) is 12.0 Å². The number of hydrogen-bond donors (Lipinski definition) is 0. The lowest BCUT2D eigenvalue weighted by molar-refractivity contribution is -0.140. The van der Waals surface area contributed by atoms with Crippen molar-refractivity contribution in [3.05, 3.63) is 71.5 Å². The number of amides is 2. The van der Waals surface area contributed by atoms with Gasteiger partial charge in [0.1, 0.15) is 5.82 Å². The van der Waals surface area contributed by atoms with Gasteiger partial charge in [-0.1, -0.05) is 42.5 Å². The van der Waals surface area contributed by atoms with Crippen LogP contribution in [0.4, 0.5) is 4.39 Å². The average Bonchev–Trinajstić information content (AvgIpc) is 3.23. The number of hydrogen-bond acceptors (Lipinski definition) is 2. The Hall–Kier alpha value is -2.49. The summed E-state index contributed by atoms with van der Waals surface area (Å²) < 4.78 is 13.1. The summed E-state index contributed by atoms with van der Waals surface area (Å²) in [5.74, 6) is -0.451. The highest BCUT2D eigenvalue weighted by Gasteiger charge is 2.67. The van der Waals surface area contributed by atoms with Crippen LogP contribution in [0.3, 0.4) is 0 Å². The molecule has 2 atom stereocenters. The van der Waals surface area contributed by atoms with Gasteiger partial charge in [-0.15, -0.1) is 0 Å². The maximum atomic E-state index is 13.1. The zero-order valence-electron chi connectivity index (χ0n) is 12.5. The van der Waals surface area contributed by atoms with Gasteiger partial charge in [0.25, 0.3) is 0 Å². The lowest BCUT2D eigenvalue weighted by Crippen LogP contribution is -2.30. The fraction of sp³-hybridized carbons (Fsp3) is 0.263. The van der Waals surface area contributed by atoms with E-state index in [2.05, 4.69) is 0 Å². The van der Waals surface area contributed by atoms with E-state index in [9.17, 15) is 14.0 Å². The number of nitrogens with zero attached hydrogens (tertiary/aromatic N) is 1. The van der Waals surface area contributed by atoms with Gasteiger partial charge in [-0.05, 0) is 35.6 Å². The Kier molecular flexibility index (Phi) is 3.08. The van der Waals surface area contributed by atoms with Crippen molar-refractivity contribution in [1.82, 2.24) is 4.90 Å². The summed E-state index contributed by atoms with van der Waals surface area (Å²) in [7, 11) is 0. The third-order valence-electron chi connectivity index (χ3n) is 4.97. The van der Waals surface area contributed by atoms with E-state index in [4.69, 9.17) is 0 Å². The van der Waals surface area contributed by atoms with Crippen LogP contribution in [0.15, 0.2) is 54.6 Å². The summed E-state index contributed by atoms with van der Waals surface area (Å²) in [6.45, 7) is 0.330. The van der Waals surface area contributed by atoms with Gasteiger partial charge in [-0.25, -0.2) is 4.39 Å². The quantitative estimate of drug-likeness (QED) is 0.816. The zero-order valence-corrected chi connectivity index (χ0v) is 12.5. The molecule has 1 spiro atoms. The predicted octanol–water partition coefficient (Wildman–Crippen LogP) is 3.26. The molecule has 4 rings (SSSR count). The number of rotatable bonds is 3. The zero-order chi connectivity index (χ0) is 16.0. The fourth-order valence-electron chi connectivity index (χ4n) is 3.62. The highest BCUT2D eigenvalue weighted by Crippen LogP contribution is 2.65. The van der Waals surface area contributed by atoms with Crippen molar-refractivity contribution >= 4 is 11.8 Å². The van der Waals surface area contributed by atoms with Crippen molar-refractivity contribution in [2.24, 2.45) is 5.41 Å². The van der Waals surface area contributed by atoms with Gasteiger partial charge < -0.3 is 0 Å². The molecule has 2 amide bonds. The Bertz CT molecular complexity index is 772. The maximum Gasteiger partial charge on any atom is 0.236 e. The standard InChI is InChI=1S/C19H16FNO2/c20-15-8-6-14(7-9-15)16-10-19(16)11-17(22)21(18(19)23)12-13-4-2-1-3-5-13/h1-9,16H,10-12H2. The second kappa shape index (κ2) is 5.01. The molecule has 2 unspecified atom stereocenters. The normalized spacial score (nSPS) is 26.1. The Morgan fingerprint density at radius 2 is 1.74 bits per heavy atom. The lowest BCUT2D eigenvalue weighted by Gasteiger charge is -2.15. The molecule has 2 aliphatic rings. The van der Waals surface area contributed by atoms with E-state index in [0.29, 0.717) is 13.0 Å². The van der Waals surface area contributed by atoms with Crippen molar-refractivity contribution in [2.75, 3.05) is 0 Å². The first-order valence-electron chi connectivity index (χ1n) is 7.74. The maximum absolute atomic E-state index is 13.1. The van der Waals surface area contributed by atoms with Gasteiger partial charge in [-0.3, -0.25) is 14.5 Å². The number of carbonyl (C=O) groups excluding carboxylic acids is 2. The summed E-state index contributed by atoms with van der Waals surface area (Å²) in [5.41, 5.74) is 1.29. The van der Waals surface area contributed by atoms with Gasteiger partial charge in [0, 0.05) is 6.42 Å². The molecule has 116 valence electrons. The van der Waals surface area contributed by atoms with E-state index in [1.54, 1.807) is 12.1 Å². The van der Waals surface area contributed by atoms with E-state index in [0.717, 1.165) is 11.1 Å². The topological polar surface area (TPSA) is 37.4 Å². The minimum Gasteiger partial charge on any atom is -0.278 e. The summed E-state index contributed by atoms with van der Waals surface area (Å²) in [5, 5.41) is 0. The highest BCUT2D eigenvalue weighted by molar-refractivity contribution is 6.08. The summed E-state index contributed by atoms with van der Waals surface area (Å²) in [6, 6.07) is 15.8. The second-order valence-electron chi connectivity index (χ2n) is 6.41. The van der Waals surface area contributed by atoms with E-state index < -0.39 is 5.41 Å². The SMILES string of the molecule is O=C1CC2(CC2c2ccc(F)cc2)C(=O)N1Cc1ccccc1. The van der Waals surface area contributed by atoms with Crippen LogP contribution in [0.1, 0.15) is 29.9 Å². The number of benzene rings is 2. The van der Waals surface area contributed by atoms with Crippen molar-refractivity contribution in [3.63, 3.8) is 0 Å². The first kappa shape index (κ1) is 14.1. The summed E-state index contributed by atoms with van der Waals surface area (Å²) in [6.07, 6.45) is 0.940. The first-order chi connectivity index (χ1) is 11.1. The molecule has 2 fully saturated rings. The summed E-state index contributed by atoms with van der Waals surface area (Å²) in [4.78, 5) is 26.5. The second-order valence-corrected chi connectivity index (χ2v) is 6.41. The third kappa shape index (κ3) is 2.25. The third-order valence-corrected chi connectivity index (χ3v) is 4.97. The molecule has 2 aromatic carbocycles. The van der Waals surface area contributed by atoms with Gasteiger partial charge in [0.2, 0.25) is 11.8 Å². The summed E-state index contributed by atoms with van der Waals surface area (Å²) >= 11 is 0. The van der Waals surface area contributed by atoms with Crippen LogP contribution in [-0.4, -0.2) is 16.7 Å². The highest BCUT2D eigenvalue weighted by atomic mass is 19.1. The molecule has 23 heavy (non-hydrogen) atoms. The van der Waals surface area contributed by atoms with Gasteiger partial charge in [-0.2, -0.15) is 0 Å². The molecule has 3 nitrogen and oxygen atoms in total. The molecule has 1 aliphatic carbocycles. The molecule has 0 aromatic heterocycles. The predicted molar refractivity (Wildman–Crippen MR) is 82.8 cm³/mol. The van der Waals surface area contributed by atoms with Crippen molar-refractivity contribution in [1.29, 1.82) is 0 Å². The van der Waals surface area contributed by atoms with Crippen molar-refractivity contribution < 1.29 is 14.0 Å². The molecule has 0 radical (unpaired) electrons. The van der Waals surface area contributed by atoms with E-state index in [1.165, 1.54) is 17.0 Å². The minimum absolute atomic E-state index is 0.0281. The van der Waals surface area contributed by atoms with Crippen LogP contribution < -0.4 is 0 Å². The average molecular weight is 309 g/mol. The number of halogens is 1. The Labute approximate surface area is 133 Å². The molecule has 1 aliphatic heterocycles. The molecule has 2 aromatic rings. The van der Waals surface area contributed by atoms with Crippen molar-refractivity contribution in [3.8, 4) is 0 Å². The van der Waals surface area contributed by atoms with Crippen LogP contribution in [0, 0.1) is 11.2 Å². The Morgan fingerprint density at radius 1 is 1.04 bits per heavy atom. The molecular weight excluding hydrogens is 293 g/mol. The molecule has 4 heteroatoms. The first-order valence-corrected chi connectivity index (χ1v) is 7.74. The van der Waals surface area contributed by atoms with E-state index in [-0.39, 0.29) is 30.0 Å². The van der Waals surface area contributed by atoms with E-state index >= 15 is 0 Å². The molecule has 1 saturated carbocycles. The smallest absolute Gasteiger partial charge is 0.236 e. The van der Waals surface area contributed by atoms with Crippen LogP contribution in [0.25, 0.3) is 0 Å². The molecule has 0 bridgehead atoms. The fourth-order valence-corrected chi connectivity index (χ4v) is 3.62. The molecule has 0 N–H and O–H groups in total. The molecule has 1 saturated heterocycles. The van der Waals surface area contributed by atoms with Gasteiger partial charge >= 0.3 is 0 Å². The van der Waals surface area contributed by atoms with Crippen LogP contribution in [0.2, 0.25) is 0 Å². The van der Waals surface area contributed by atoms with Crippen molar-refractivity contribution in [2.45, 2.75) is 25.3 Å². The van der Waals surface area contributed by atoms with Crippen LogP contribution in [-0.2, 0) is 16.1 Å². The minimum atomic E-state index is -0.594. The molecular formula is C19H16FNO2. The monoisotopic (exact) mass is 309 g/mol. The number of carbonyl (C=O) groups is 2. The largest absolute Gasteiger partial charge is 0.278 e. The lowest BCUT2D eigenvalue weighted by atomic mass is 9.97. The van der Waals surface area contributed by atoms with Crippen LogP contribution >= 0.6 is 0 Å². The Balaban J connectivity index is 1.55. The van der Waals surface area contributed by atoms with Gasteiger partial charge in [0.15, 0.2) is 0 Å². The molecule has 1 heterocycles. The number of likely N-dealkylation sites (tertiary alicyclic amines) is 1. The Morgan fingerprint density at radius 3 is 2.43 bits per heavy atom.